The molecule has 4 aromatic rings. The summed E-state index contributed by atoms with van der Waals surface area (Å²) in [6.07, 6.45) is 7.33. The Hall–Kier alpha value is -3.50. The Bertz CT molecular complexity index is 1520. The van der Waals surface area contributed by atoms with Crippen LogP contribution in [0.1, 0.15) is 50.5 Å². The maximum atomic E-state index is 15.0. The standard InChI is InChI=1S/C29H32F2N8/c1-3-38-20-6-7-21(38)16-37(15-20)14-18-5-8-25(32-12-18)34-29-33-13-23(31)27(36-29)19-10-22(30)28-24(11-19)39-17(2)4-9-26(39)35-28/h5,8,10-13,17,20-21H,3-4,6-7,9,14-16H2,1-2H3,(H,32,33,34,36)/t17-,20?,21?/m1/s1. The molecule has 0 spiro atoms. The van der Waals surface area contributed by atoms with E-state index in [2.05, 4.69) is 55.0 Å². The van der Waals surface area contributed by atoms with Crippen molar-refractivity contribution in [3.05, 3.63) is 59.7 Å². The number of aromatic nitrogens is 5. The Morgan fingerprint density at radius 1 is 0.974 bits per heavy atom. The van der Waals surface area contributed by atoms with Crippen LogP contribution in [0.3, 0.4) is 0 Å². The zero-order chi connectivity index (χ0) is 26.7. The number of anilines is 2. The predicted molar refractivity (Wildman–Crippen MR) is 146 cm³/mol. The zero-order valence-electron chi connectivity index (χ0n) is 22.2. The summed E-state index contributed by atoms with van der Waals surface area (Å²) in [6.45, 7) is 8.55. The first-order valence-electron chi connectivity index (χ1n) is 13.9. The highest BCUT2D eigenvalue weighted by molar-refractivity contribution is 5.83. The van der Waals surface area contributed by atoms with Gasteiger partial charge in [0.25, 0.3) is 0 Å². The maximum absolute atomic E-state index is 15.0. The molecule has 3 aliphatic heterocycles. The van der Waals surface area contributed by atoms with Crippen molar-refractivity contribution in [3.8, 4) is 11.3 Å². The van der Waals surface area contributed by atoms with Crippen molar-refractivity contribution in [2.75, 3.05) is 25.0 Å². The molecule has 1 N–H and O–H groups in total. The van der Waals surface area contributed by atoms with Crippen molar-refractivity contribution in [2.24, 2.45) is 0 Å². The van der Waals surface area contributed by atoms with Gasteiger partial charge in [0.05, 0.1) is 11.7 Å². The van der Waals surface area contributed by atoms with Gasteiger partial charge < -0.3 is 9.88 Å². The molecule has 2 fully saturated rings. The largest absolute Gasteiger partial charge is 0.325 e. The van der Waals surface area contributed by atoms with Gasteiger partial charge in [-0.15, -0.1) is 0 Å². The quantitative estimate of drug-likeness (QED) is 0.372. The number of rotatable bonds is 6. The summed E-state index contributed by atoms with van der Waals surface area (Å²) < 4.78 is 31.9. The van der Waals surface area contributed by atoms with Crippen LogP contribution >= 0.6 is 0 Å². The average Bonchev–Trinajstić information content (AvgIpc) is 3.57. The Morgan fingerprint density at radius 3 is 2.54 bits per heavy atom. The highest BCUT2D eigenvalue weighted by Crippen LogP contribution is 2.35. The predicted octanol–water partition coefficient (Wildman–Crippen LogP) is 5.09. The number of halogens is 2. The topological polar surface area (TPSA) is 75.0 Å². The highest BCUT2D eigenvalue weighted by atomic mass is 19.1. The SMILES string of the molecule is CCN1C2CCC1CN(Cc1ccc(Nc3ncc(F)c(-c4cc(F)c5nc6n(c5c4)[C@H](C)CC6)n3)nc1)C2. The van der Waals surface area contributed by atoms with Gasteiger partial charge in [0, 0.05) is 55.9 Å². The van der Waals surface area contributed by atoms with Crippen molar-refractivity contribution in [1.29, 1.82) is 0 Å². The lowest BCUT2D eigenvalue weighted by molar-refractivity contribution is 0.0669. The molecule has 0 aliphatic carbocycles. The molecule has 2 bridgehead atoms. The molecule has 7 rings (SSSR count). The lowest BCUT2D eigenvalue weighted by Gasteiger charge is -2.40. The molecular weight excluding hydrogens is 498 g/mol. The summed E-state index contributed by atoms with van der Waals surface area (Å²) in [6, 6.07) is 8.56. The molecule has 0 amide bonds. The fourth-order valence-corrected chi connectivity index (χ4v) is 6.79. The minimum atomic E-state index is -0.617. The van der Waals surface area contributed by atoms with Gasteiger partial charge in [0.1, 0.15) is 22.9 Å². The van der Waals surface area contributed by atoms with Crippen LogP contribution in [0.4, 0.5) is 20.5 Å². The smallest absolute Gasteiger partial charge is 0.229 e. The molecular formula is C29H32F2N8. The second-order valence-electron chi connectivity index (χ2n) is 11.1. The molecule has 202 valence electrons. The van der Waals surface area contributed by atoms with Gasteiger partial charge in [0.15, 0.2) is 11.6 Å². The number of fused-ring (bicyclic) bond motifs is 5. The van der Waals surface area contributed by atoms with E-state index < -0.39 is 11.6 Å². The summed E-state index contributed by atoms with van der Waals surface area (Å²) >= 11 is 0. The minimum absolute atomic E-state index is 0.0342. The summed E-state index contributed by atoms with van der Waals surface area (Å²) in [4.78, 5) is 22.7. The highest BCUT2D eigenvalue weighted by Gasteiger charge is 2.38. The van der Waals surface area contributed by atoms with E-state index in [9.17, 15) is 4.39 Å². The first-order chi connectivity index (χ1) is 19.0. The van der Waals surface area contributed by atoms with Crippen LogP contribution < -0.4 is 5.32 Å². The molecule has 39 heavy (non-hydrogen) atoms. The van der Waals surface area contributed by atoms with Crippen LogP contribution in [0.2, 0.25) is 0 Å². The lowest BCUT2D eigenvalue weighted by Crippen LogP contribution is -2.53. The molecule has 2 saturated heterocycles. The van der Waals surface area contributed by atoms with Gasteiger partial charge in [-0.25, -0.2) is 28.7 Å². The van der Waals surface area contributed by atoms with Crippen molar-refractivity contribution in [2.45, 2.75) is 64.2 Å². The van der Waals surface area contributed by atoms with Gasteiger partial charge in [0.2, 0.25) is 5.95 Å². The lowest BCUT2D eigenvalue weighted by atomic mass is 10.1. The van der Waals surface area contributed by atoms with Crippen LogP contribution in [-0.2, 0) is 13.0 Å². The fraction of sp³-hybridized carbons (Fsp3) is 0.448. The third kappa shape index (κ3) is 4.35. The Balaban J connectivity index is 1.09. The average molecular weight is 531 g/mol. The van der Waals surface area contributed by atoms with Gasteiger partial charge in [-0.3, -0.25) is 9.80 Å². The second kappa shape index (κ2) is 9.60. The molecule has 6 heterocycles. The molecule has 0 saturated carbocycles. The number of pyridine rings is 1. The number of piperazine rings is 1. The zero-order valence-corrected chi connectivity index (χ0v) is 22.2. The van der Waals surface area contributed by atoms with E-state index in [-0.39, 0.29) is 17.7 Å². The monoisotopic (exact) mass is 530 g/mol. The third-order valence-corrected chi connectivity index (χ3v) is 8.61. The number of nitrogens with zero attached hydrogens (tertiary/aromatic N) is 7. The molecule has 3 aliphatic rings. The summed E-state index contributed by atoms with van der Waals surface area (Å²) in [5.41, 5.74) is 2.52. The third-order valence-electron chi connectivity index (χ3n) is 8.61. The van der Waals surface area contributed by atoms with E-state index in [1.807, 2.05) is 16.8 Å². The van der Waals surface area contributed by atoms with Crippen LogP contribution in [-0.4, -0.2) is 66.0 Å². The molecule has 8 nitrogen and oxygen atoms in total. The van der Waals surface area contributed by atoms with E-state index in [1.165, 1.54) is 18.9 Å². The first kappa shape index (κ1) is 24.5. The van der Waals surface area contributed by atoms with Crippen molar-refractivity contribution >= 4 is 22.8 Å². The van der Waals surface area contributed by atoms with Crippen LogP contribution in [0, 0.1) is 11.6 Å². The van der Waals surface area contributed by atoms with Gasteiger partial charge in [-0.1, -0.05) is 13.0 Å². The molecule has 2 unspecified atom stereocenters. The van der Waals surface area contributed by atoms with Crippen LogP contribution in [0.25, 0.3) is 22.3 Å². The number of hydrogen-bond acceptors (Lipinski definition) is 7. The molecule has 10 heteroatoms. The van der Waals surface area contributed by atoms with Crippen molar-refractivity contribution < 1.29 is 8.78 Å². The van der Waals surface area contributed by atoms with E-state index in [0.717, 1.165) is 56.6 Å². The molecule has 1 aromatic carbocycles. The van der Waals surface area contributed by atoms with Gasteiger partial charge >= 0.3 is 0 Å². The van der Waals surface area contributed by atoms with Crippen molar-refractivity contribution in [1.82, 2.24) is 34.3 Å². The second-order valence-corrected chi connectivity index (χ2v) is 11.1. The summed E-state index contributed by atoms with van der Waals surface area (Å²) in [5, 5.41) is 3.07. The Morgan fingerprint density at radius 2 is 1.79 bits per heavy atom. The van der Waals surface area contributed by atoms with Crippen LogP contribution in [0.15, 0.2) is 36.7 Å². The molecule has 3 atom stereocenters. The van der Waals surface area contributed by atoms with E-state index in [4.69, 9.17) is 0 Å². The minimum Gasteiger partial charge on any atom is -0.325 e. The number of imidazole rings is 1. The van der Waals surface area contributed by atoms with E-state index in [0.29, 0.717) is 34.5 Å². The fourth-order valence-electron chi connectivity index (χ4n) is 6.79. The number of benzene rings is 1. The Kier molecular flexibility index (Phi) is 6.04. The molecule has 0 radical (unpaired) electrons. The number of likely N-dealkylation sites (tertiary alicyclic amines) is 1. The van der Waals surface area contributed by atoms with E-state index >= 15 is 4.39 Å². The van der Waals surface area contributed by atoms with E-state index in [1.54, 1.807) is 6.07 Å². The number of nitrogens with one attached hydrogen (secondary N) is 1. The van der Waals surface area contributed by atoms with Crippen molar-refractivity contribution in [3.63, 3.8) is 0 Å². The summed E-state index contributed by atoms with van der Waals surface area (Å²) in [7, 11) is 0. The van der Waals surface area contributed by atoms with Gasteiger partial charge in [-0.2, -0.15) is 0 Å². The first-order valence-corrected chi connectivity index (χ1v) is 13.9. The normalized spacial score (nSPS) is 23.0. The number of hydrogen-bond donors (Lipinski definition) is 1. The molecule has 3 aromatic heterocycles. The number of aryl methyl sites for hydroxylation is 1. The maximum Gasteiger partial charge on any atom is 0.229 e. The van der Waals surface area contributed by atoms with Gasteiger partial charge in [-0.05, 0) is 56.5 Å². The Labute approximate surface area is 226 Å². The number of likely N-dealkylation sites (N-methyl/N-ethyl adjacent to an activating group) is 1. The summed E-state index contributed by atoms with van der Waals surface area (Å²) in [5.74, 6) is 0.533. The van der Waals surface area contributed by atoms with Crippen LogP contribution in [0.5, 0.6) is 0 Å².